The van der Waals surface area contributed by atoms with Crippen molar-refractivity contribution in [3.05, 3.63) is 12.2 Å². The van der Waals surface area contributed by atoms with Crippen LogP contribution in [-0.4, -0.2) is 14.8 Å². The second-order valence-corrected chi connectivity index (χ2v) is 2.94. The predicted molar refractivity (Wildman–Crippen MR) is 40.8 cm³/mol. The lowest BCUT2D eigenvalue weighted by Crippen LogP contribution is -2.19. The topological polar surface area (TPSA) is 56.7 Å². The van der Waals surface area contributed by atoms with Crippen LogP contribution >= 0.6 is 0 Å². The van der Waals surface area contributed by atoms with Crippen LogP contribution in [-0.2, 0) is 6.54 Å². The van der Waals surface area contributed by atoms with Gasteiger partial charge in [-0.1, -0.05) is 0 Å². The summed E-state index contributed by atoms with van der Waals surface area (Å²) in [6.07, 6.45) is 5.62. The highest BCUT2D eigenvalue weighted by atomic mass is 15.3. The summed E-state index contributed by atoms with van der Waals surface area (Å²) in [4.78, 5) is 0. The Kier molecular flexibility index (Phi) is 1.62. The van der Waals surface area contributed by atoms with Gasteiger partial charge in [-0.15, -0.1) is 10.2 Å². The maximum Gasteiger partial charge on any atom is 0.146 e. The Hall–Kier alpha value is -0.900. The van der Waals surface area contributed by atoms with Gasteiger partial charge in [0, 0.05) is 6.04 Å². The van der Waals surface area contributed by atoms with Gasteiger partial charge in [0.15, 0.2) is 0 Å². The number of hydrogen-bond donors (Lipinski definition) is 1. The Morgan fingerprint density at radius 3 is 3.00 bits per heavy atom. The Bertz CT molecular complexity index is 238. The highest BCUT2D eigenvalue weighted by Crippen LogP contribution is 2.31. The van der Waals surface area contributed by atoms with E-state index < -0.39 is 0 Å². The lowest BCUT2D eigenvalue weighted by atomic mass is 9.93. The van der Waals surface area contributed by atoms with E-state index in [0.717, 1.165) is 5.82 Å². The molecule has 0 saturated heterocycles. The molecule has 1 fully saturated rings. The molecule has 0 aliphatic heterocycles. The second kappa shape index (κ2) is 2.62. The minimum Gasteiger partial charge on any atom is -0.324 e. The second-order valence-electron chi connectivity index (χ2n) is 2.94. The van der Waals surface area contributed by atoms with E-state index in [4.69, 9.17) is 5.73 Å². The van der Waals surface area contributed by atoms with Crippen molar-refractivity contribution in [1.29, 1.82) is 0 Å². The molecular weight excluding hydrogens is 140 g/mol. The lowest BCUT2D eigenvalue weighted by Gasteiger charge is -2.27. The monoisotopic (exact) mass is 152 g/mol. The summed E-state index contributed by atoms with van der Waals surface area (Å²) >= 11 is 0. The zero-order valence-electron chi connectivity index (χ0n) is 6.40. The van der Waals surface area contributed by atoms with Crippen LogP contribution in [0.25, 0.3) is 0 Å². The summed E-state index contributed by atoms with van der Waals surface area (Å²) in [6, 6.07) is 0.628. The number of aromatic nitrogens is 3. The fraction of sp³-hybridized carbons (Fsp3) is 0.714. The first kappa shape index (κ1) is 6.79. The van der Waals surface area contributed by atoms with E-state index >= 15 is 0 Å². The summed E-state index contributed by atoms with van der Waals surface area (Å²) in [5.41, 5.74) is 5.49. The van der Waals surface area contributed by atoms with Crippen LogP contribution in [0.1, 0.15) is 31.1 Å². The van der Waals surface area contributed by atoms with E-state index in [2.05, 4.69) is 14.8 Å². The average Bonchev–Trinajstić information content (AvgIpc) is 2.32. The molecule has 1 saturated carbocycles. The van der Waals surface area contributed by atoms with Gasteiger partial charge in [0.25, 0.3) is 0 Å². The fourth-order valence-electron chi connectivity index (χ4n) is 1.38. The summed E-state index contributed by atoms with van der Waals surface area (Å²) in [5, 5.41) is 7.75. The largest absolute Gasteiger partial charge is 0.324 e. The Morgan fingerprint density at radius 2 is 2.45 bits per heavy atom. The molecule has 1 aromatic rings. The molecule has 1 aromatic heterocycles. The van der Waals surface area contributed by atoms with Crippen molar-refractivity contribution in [2.75, 3.05) is 0 Å². The summed E-state index contributed by atoms with van der Waals surface area (Å²) in [5.74, 6) is 0.912. The van der Waals surface area contributed by atoms with E-state index in [1.165, 1.54) is 19.3 Å². The van der Waals surface area contributed by atoms with E-state index in [1.54, 1.807) is 6.33 Å². The van der Waals surface area contributed by atoms with Crippen LogP contribution in [0.15, 0.2) is 6.33 Å². The maximum atomic E-state index is 5.49. The zero-order valence-corrected chi connectivity index (χ0v) is 6.40. The van der Waals surface area contributed by atoms with E-state index in [9.17, 15) is 0 Å². The van der Waals surface area contributed by atoms with Crippen LogP contribution in [0.3, 0.4) is 0 Å². The van der Waals surface area contributed by atoms with Crippen LogP contribution < -0.4 is 5.73 Å². The van der Waals surface area contributed by atoms with Gasteiger partial charge < -0.3 is 10.3 Å². The first-order chi connectivity index (χ1) is 5.42. The standard InChI is InChI=1S/C7H12N4/c8-4-7-10-9-5-11(7)6-2-1-3-6/h5-6H,1-4,8H2. The summed E-state index contributed by atoms with van der Waals surface area (Å²) < 4.78 is 2.10. The van der Waals surface area contributed by atoms with E-state index in [0.29, 0.717) is 12.6 Å². The maximum absolute atomic E-state index is 5.49. The third-order valence-electron chi connectivity index (χ3n) is 2.30. The number of nitrogens with zero attached hydrogens (tertiary/aromatic N) is 3. The molecule has 2 N–H and O–H groups in total. The Balaban J connectivity index is 2.20. The number of nitrogens with two attached hydrogens (primary N) is 1. The Labute approximate surface area is 65.4 Å². The van der Waals surface area contributed by atoms with Gasteiger partial charge in [-0.2, -0.15) is 0 Å². The predicted octanol–water partition coefficient (Wildman–Crippen LogP) is 0.462. The molecule has 60 valence electrons. The first-order valence-corrected chi connectivity index (χ1v) is 4.00. The molecule has 4 heteroatoms. The average molecular weight is 152 g/mol. The molecule has 0 bridgehead atoms. The molecule has 1 aliphatic rings. The Morgan fingerprint density at radius 1 is 1.64 bits per heavy atom. The fourth-order valence-corrected chi connectivity index (χ4v) is 1.38. The molecule has 0 aromatic carbocycles. The van der Waals surface area contributed by atoms with Gasteiger partial charge in [-0.05, 0) is 19.3 Å². The molecule has 0 atom stereocenters. The molecule has 0 unspecified atom stereocenters. The molecule has 0 spiro atoms. The van der Waals surface area contributed by atoms with E-state index in [1.807, 2.05) is 0 Å². The molecular formula is C7H12N4. The van der Waals surface area contributed by atoms with Gasteiger partial charge in [0.05, 0.1) is 6.54 Å². The van der Waals surface area contributed by atoms with Crippen LogP contribution in [0, 0.1) is 0 Å². The highest BCUT2D eigenvalue weighted by molar-refractivity contribution is 4.91. The normalized spacial score (nSPS) is 18.3. The minimum atomic E-state index is 0.497. The van der Waals surface area contributed by atoms with Crippen molar-refractivity contribution >= 4 is 0 Å². The highest BCUT2D eigenvalue weighted by Gasteiger charge is 2.21. The van der Waals surface area contributed by atoms with Crippen LogP contribution in [0.2, 0.25) is 0 Å². The molecule has 11 heavy (non-hydrogen) atoms. The third kappa shape index (κ3) is 1.03. The van der Waals surface area contributed by atoms with Gasteiger partial charge in [0.2, 0.25) is 0 Å². The molecule has 1 heterocycles. The number of rotatable bonds is 2. The summed E-state index contributed by atoms with van der Waals surface area (Å²) in [7, 11) is 0. The van der Waals surface area contributed by atoms with Crippen molar-refractivity contribution in [1.82, 2.24) is 14.8 Å². The van der Waals surface area contributed by atoms with Crippen molar-refractivity contribution in [2.45, 2.75) is 31.8 Å². The molecule has 4 nitrogen and oxygen atoms in total. The van der Waals surface area contributed by atoms with Gasteiger partial charge in [0.1, 0.15) is 12.2 Å². The number of hydrogen-bond acceptors (Lipinski definition) is 3. The first-order valence-electron chi connectivity index (χ1n) is 4.00. The molecule has 1 aliphatic carbocycles. The summed E-state index contributed by atoms with van der Waals surface area (Å²) in [6.45, 7) is 0.497. The van der Waals surface area contributed by atoms with Gasteiger partial charge >= 0.3 is 0 Å². The SMILES string of the molecule is NCc1nncn1C1CCC1. The molecule has 2 rings (SSSR count). The van der Waals surface area contributed by atoms with Gasteiger partial charge in [-0.25, -0.2) is 0 Å². The van der Waals surface area contributed by atoms with Crippen molar-refractivity contribution < 1.29 is 0 Å². The minimum absolute atomic E-state index is 0.497. The van der Waals surface area contributed by atoms with Crippen molar-refractivity contribution in [3.8, 4) is 0 Å². The quantitative estimate of drug-likeness (QED) is 0.669. The van der Waals surface area contributed by atoms with Crippen LogP contribution in [0.4, 0.5) is 0 Å². The smallest absolute Gasteiger partial charge is 0.146 e. The molecule has 0 radical (unpaired) electrons. The van der Waals surface area contributed by atoms with Crippen molar-refractivity contribution in [3.63, 3.8) is 0 Å². The van der Waals surface area contributed by atoms with Crippen LogP contribution in [0.5, 0.6) is 0 Å². The zero-order chi connectivity index (χ0) is 7.68. The lowest BCUT2D eigenvalue weighted by molar-refractivity contribution is 0.306. The van der Waals surface area contributed by atoms with Gasteiger partial charge in [-0.3, -0.25) is 0 Å². The molecule has 0 amide bonds. The third-order valence-corrected chi connectivity index (χ3v) is 2.30. The van der Waals surface area contributed by atoms with Crippen molar-refractivity contribution in [2.24, 2.45) is 5.73 Å². The van der Waals surface area contributed by atoms with E-state index in [-0.39, 0.29) is 0 Å².